The number of fused-ring (bicyclic) bond motifs is 3. The Morgan fingerprint density at radius 2 is 1.69 bits per heavy atom. The topological polar surface area (TPSA) is 7.12 Å². The number of thiol groups is 1. The summed E-state index contributed by atoms with van der Waals surface area (Å²) in [7, 11) is 0. The minimum absolute atomic E-state index is 0.0735. The molecule has 144 valence electrons. The molecule has 3 rings (SSSR count). The van der Waals surface area contributed by atoms with E-state index in [1.54, 1.807) is 0 Å². The number of hydrogen-bond acceptors (Lipinski definition) is 2. The second-order valence-electron chi connectivity index (χ2n) is 7.76. The molecule has 1 aromatic heterocycles. The molecule has 0 aliphatic carbocycles. The van der Waals surface area contributed by atoms with Crippen molar-refractivity contribution in [3.8, 4) is 0 Å². The Morgan fingerprint density at radius 3 is 2.42 bits per heavy atom. The van der Waals surface area contributed by atoms with Crippen LogP contribution in [0.15, 0.2) is 42.7 Å². The van der Waals surface area contributed by atoms with Crippen molar-refractivity contribution in [2.75, 3.05) is 5.75 Å². The quantitative estimate of drug-likeness (QED) is 0.252. The van der Waals surface area contributed by atoms with E-state index in [4.69, 9.17) is 0 Å². The molecule has 1 unspecified atom stereocenters. The molecule has 0 saturated heterocycles. The summed E-state index contributed by atoms with van der Waals surface area (Å²) in [6.45, 7) is 2.40. The average molecular weight is 459 g/mol. The molecule has 0 N–H and O–H groups in total. The third-order valence-electron chi connectivity index (χ3n) is 5.36. The summed E-state index contributed by atoms with van der Waals surface area (Å²) in [5.41, 5.74) is 3.03. The molecule has 0 fully saturated rings. The molecule has 3 heterocycles. The summed E-state index contributed by atoms with van der Waals surface area (Å²) in [6, 6.07) is 6.56. The first-order valence-electron chi connectivity index (χ1n) is 10.2. The van der Waals surface area contributed by atoms with Crippen LogP contribution < -0.4 is 3.31 Å². The van der Waals surface area contributed by atoms with Gasteiger partial charge in [-0.1, -0.05) is 6.42 Å². The number of nitrogens with zero attached hydrogens (tertiary/aromatic N) is 2. The third-order valence-corrected chi connectivity index (χ3v) is 7.79. The van der Waals surface area contributed by atoms with Crippen LogP contribution in [-0.4, -0.2) is 9.40 Å². The second kappa shape index (κ2) is 10.1. The molecular weight excluding hydrogens is 425 g/mol. The van der Waals surface area contributed by atoms with Crippen LogP contribution in [0.1, 0.15) is 76.8 Å². The average Bonchev–Trinajstić information content (AvgIpc) is 3.01. The van der Waals surface area contributed by atoms with Gasteiger partial charge in [0.15, 0.2) is 0 Å². The summed E-state index contributed by atoms with van der Waals surface area (Å²) >= 11 is 4.35. The van der Waals surface area contributed by atoms with Gasteiger partial charge in [-0.25, -0.2) is 0 Å². The molecule has 0 spiro atoms. The summed E-state index contributed by atoms with van der Waals surface area (Å²) < 4.78 is 4.88. The Balaban J connectivity index is 1.38. The molecule has 1 aromatic rings. The summed E-state index contributed by atoms with van der Waals surface area (Å²) in [6.07, 6.45) is 23.2. The maximum absolute atomic E-state index is 4.28. The van der Waals surface area contributed by atoms with E-state index in [1.165, 1.54) is 75.6 Å². The SMILES string of the molecule is CC1(CCCCCCCCCCCS)C=C[N]2[Ru][n+]3ccccc3C2=C1. The molecule has 2 nitrogen and oxygen atoms in total. The molecule has 0 radical (unpaired) electrons. The van der Waals surface area contributed by atoms with Crippen molar-refractivity contribution in [1.29, 1.82) is 0 Å². The minimum atomic E-state index is 0.0735. The van der Waals surface area contributed by atoms with Crippen LogP contribution in [-0.2, 0) is 17.6 Å². The van der Waals surface area contributed by atoms with E-state index < -0.39 is 0 Å². The predicted molar refractivity (Wildman–Crippen MR) is 109 cm³/mol. The van der Waals surface area contributed by atoms with E-state index in [2.05, 4.69) is 69.3 Å². The van der Waals surface area contributed by atoms with Crippen LogP contribution >= 0.6 is 12.6 Å². The van der Waals surface area contributed by atoms with Gasteiger partial charge in [-0.05, 0) is 12.2 Å². The first-order valence-corrected chi connectivity index (χ1v) is 12.4. The van der Waals surface area contributed by atoms with E-state index >= 15 is 0 Å². The Kier molecular flexibility index (Phi) is 7.82. The van der Waals surface area contributed by atoms with Crippen molar-refractivity contribution in [2.45, 2.75) is 71.1 Å². The van der Waals surface area contributed by atoms with Gasteiger partial charge >= 0.3 is 142 Å². The van der Waals surface area contributed by atoms with Gasteiger partial charge in [0.1, 0.15) is 0 Å². The first-order chi connectivity index (χ1) is 12.7. The summed E-state index contributed by atoms with van der Waals surface area (Å²) in [4.78, 5) is 0. The van der Waals surface area contributed by atoms with Crippen LogP contribution in [0.3, 0.4) is 0 Å². The number of pyridine rings is 1. The molecule has 26 heavy (non-hydrogen) atoms. The zero-order valence-corrected chi connectivity index (χ0v) is 18.6. The molecule has 0 bridgehead atoms. The Hall–Kier alpha value is -0.597. The van der Waals surface area contributed by atoms with Crippen LogP contribution in [0.25, 0.3) is 5.70 Å². The molecule has 1 atom stereocenters. The van der Waals surface area contributed by atoms with Gasteiger partial charge in [-0.15, -0.1) is 0 Å². The fraction of sp³-hybridized carbons (Fsp3) is 0.591. The third kappa shape index (κ3) is 5.46. The number of aromatic nitrogens is 1. The number of allylic oxidation sites excluding steroid dienone is 2. The summed E-state index contributed by atoms with van der Waals surface area (Å²) in [5.74, 6) is 1.05. The van der Waals surface area contributed by atoms with E-state index in [1.807, 2.05) is 0 Å². The molecule has 0 aromatic carbocycles. The van der Waals surface area contributed by atoms with Crippen molar-refractivity contribution >= 4 is 18.3 Å². The zero-order valence-electron chi connectivity index (χ0n) is 16.0. The molecule has 2 aliphatic rings. The van der Waals surface area contributed by atoms with Gasteiger partial charge in [0.05, 0.1) is 0 Å². The van der Waals surface area contributed by atoms with Crippen molar-refractivity contribution in [3.05, 3.63) is 48.4 Å². The van der Waals surface area contributed by atoms with E-state index in [9.17, 15) is 0 Å². The molecule has 0 amide bonds. The Morgan fingerprint density at radius 1 is 1.00 bits per heavy atom. The molecule has 2 aliphatic heterocycles. The van der Waals surface area contributed by atoms with Crippen LogP contribution in [0.5, 0.6) is 0 Å². The van der Waals surface area contributed by atoms with Crippen molar-refractivity contribution < 1.29 is 20.9 Å². The van der Waals surface area contributed by atoms with Gasteiger partial charge in [0.25, 0.3) is 0 Å². The number of hydrogen-bond donors (Lipinski definition) is 1. The maximum atomic E-state index is 4.28. The predicted octanol–water partition coefficient (Wildman–Crippen LogP) is 5.76. The molecule has 4 heteroatoms. The van der Waals surface area contributed by atoms with Crippen molar-refractivity contribution in [3.63, 3.8) is 0 Å². The van der Waals surface area contributed by atoms with Crippen LogP contribution in [0.4, 0.5) is 0 Å². The standard InChI is InChI=1S/C22H33N2S.Ru/c1-22(14-10-7-5-3-2-4-6-8-12-18-25)15-17-24-21(19-22)20-13-9-11-16-23-20;/h9,11,13,15-17,19,25H,2-8,10,12,14,18H2,1H3;/q-1;+2. The van der Waals surface area contributed by atoms with Crippen LogP contribution in [0.2, 0.25) is 0 Å². The number of rotatable bonds is 11. The Labute approximate surface area is 173 Å². The fourth-order valence-corrected chi connectivity index (χ4v) is 5.90. The molecule has 0 saturated carbocycles. The Bertz CT molecular complexity index is 643. The normalized spacial score (nSPS) is 21.2. The van der Waals surface area contributed by atoms with Gasteiger partial charge in [-0.2, -0.15) is 12.6 Å². The van der Waals surface area contributed by atoms with Gasteiger partial charge in [0.2, 0.25) is 0 Å². The van der Waals surface area contributed by atoms with Crippen molar-refractivity contribution in [2.24, 2.45) is 5.41 Å². The van der Waals surface area contributed by atoms with Gasteiger partial charge < -0.3 is 0 Å². The van der Waals surface area contributed by atoms with Gasteiger partial charge in [0, 0.05) is 0 Å². The van der Waals surface area contributed by atoms with Crippen LogP contribution in [0, 0.1) is 5.41 Å². The first kappa shape index (κ1) is 20.1. The molecular formula is C22H33N2RuS+. The van der Waals surface area contributed by atoms with E-state index in [-0.39, 0.29) is 23.0 Å². The fourth-order valence-electron chi connectivity index (χ4n) is 3.74. The van der Waals surface area contributed by atoms with E-state index in [0.717, 1.165) is 5.75 Å². The summed E-state index contributed by atoms with van der Waals surface area (Å²) in [5, 5.41) is 0. The van der Waals surface area contributed by atoms with Gasteiger partial charge in [-0.3, -0.25) is 0 Å². The zero-order chi connectivity index (χ0) is 18.2. The number of unbranched alkanes of at least 4 members (excludes halogenated alkanes) is 8. The second-order valence-corrected chi connectivity index (χ2v) is 10.2. The monoisotopic (exact) mass is 459 g/mol. The van der Waals surface area contributed by atoms with Crippen molar-refractivity contribution in [1.82, 2.24) is 3.64 Å². The van der Waals surface area contributed by atoms with E-state index in [0.29, 0.717) is 0 Å².